The summed E-state index contributed by atoms with van der Waals surface area (Å²) in [5.41, 5.74) is 2.47. The van der Waals surface area contributed by atoms with E-state index in [9.17, 15) is 23.4 Å². The van der Waals surface area contributed by atoms with Crippen LogP contribution in [0.2, 0.25) is 0 Å². The molecule has 10 heteroatoms. The quantitative estimate of drug-likeness (QED) is 0.640. The van der Waals surface area contributed by atoms with Crippen LogP contribution < -0.4 is 9.64 Å². The van der Waals surface area contributed by atoms with Gasteiger partial charge in [0.15, 0.2) is 12.4 Å². The zero-order valence-electron chi connectivity index (χ0n) is 16.3. The third-order valence-corrected chi connectivity index (χ3v) is 4.90. The second kappa shape index (κ2) is 8.38. The maximum Gasteiger partial charge on any atom is 0.422 e. The first-order valence-electron chi connectivity index (χ1n) is 9.52. The molecule has 0 aliphatic carbocycles. The number of aromatic hydroxyl groups is 1. The minimum atomic E-state index is -4.56. The van der Waals surface area contributed by atoms with Crippen molar-refractivity contribution in [1.29, 1.82) is 0 Å². The Labute approximate surface area is 175 Å². The Balaban J connectivity index is 1.76. The highest BCUT2D eigenvalue weighted by Crippen LogP contribution is 2.30. The molecule has 0 unspecified atom stereocenters. The Hall–Kier alpha value is -3.40. The van der Waals surface area contributed by atoms with Gasteiger partial charge in [0.05, 0.1) is 12.6 Å². The van der Waals surface area contributed by atoms with Crippen LogP contribution in [0.5, 0.6) is 11.8 Å². The van der Waals surface area contributed by atoms with E-state index in [1.165, 1.54) is 12.1 Å². The molecule has 4 rings (SSSR count). The van der Waals surface area contributed by atoms with E-state index < -0.39 is 18.8 Å². The molecule has 0 saturated carbocycles. The molecule has 0 fully saturated rings. The Bertz CT molecular complexity index is 1080. The highest BCUT2D eigenvalue weighted by molar-refractivity contribution is 5.59. The number of phenols is 1. The number of aliphatic hydroxyl groups excluding tert-OH is 1. The third kappa shape index (κ3) is 4.85. The van der Waals surface area contributed by atoms with Crippen molar-refractivity contribution in [1.82, 2.24) is 15.0 Å². The molecule has 1 aromatic heterocycles. The lowest BCUT2D eigenvalue weighted by atomic mass is 9.94. The fourth-order valence-corrected chi connectivity index (χ4v) is 3.44. The molecule has 31 heavy (non-hydrogen) atoms. The van der Waals surface area contributed by atoms with Crippen molar-refractivity contribution in [2.45, 2.75) is 25.2 Å². The number of aliphatic hydroxyl groups is 1. The summed E-state index contributed by atoms with van der Waals surface area (Å²) in [7, 11) is 0. The van der Waals surface area contributed by atoms with E-state index in [4.69, 9.17) is 4.74 Å². The van der Waals surface area contributed by atoms with Gasteiger partial charge in [-0.1, -0.05) is 36.4 Å². The van der Waals surface area contributed by atoms with Gasteiger partial charge >= 0.3 is 12.2 Å². The average Bonchev–Trinajstić information content (AvgIpc) is 2.76. The number of hydrogen-bond donors (Lipinski definition) is 2. The molecule has 2 N–H and O–H groups in total. The first kappa shape index (κ1) is 20.9. The van der Waals surface area contributed by atoms with E-state index in [-0.39, 0.29) is 30.2 Å². The number of fused-ring (bicyclic) bond motifs is 1. The largest absolute Gasteiger partial charge is 0.508 e. The lowest BCUT2D eigenvalue weighted by Gasteiger charge is -2.36. The predicted octanol–water partition coefficient (Wildman–Crippen LogP) is 3.11. The molecule has 3 aromatic rings. The van der Waals surface area contributed by atoms with Gasteiger partial charge in [0.25, 0.3) is 0 Å². The van der Waals surface area contributed by atoms with Gasteiger partial charge in [0.1, 0.15) is 5.75 Å². The Morgan fingerprint density at radius 1 is 1.03 bits per heavy atom. The number of nitrogens with zero attached hydrogens (tertiary/aromatic N) is 4. The molecule has 0 amide bonds. The SMILES string of the molecule is OC[C@H]1Cc2ccccc2CN1c1nc(OCC(F)(F)F)nc(-c2cccc(O)c2)n1. The number of phenolic OH excluding ortho intramolecular Hbond substituents is 1. The highest BCUT2D eigenvalue weighted by Gasteiger charge is 2.31. The van der Waals surface area contributed by atoms with Crippen molar-refractivity contribution in [2.24, 2.45) is 0 Å². The van der Waals surface area contributed by atoms with Crippen LogP contribution in [0.15, 0.2) is 48.5 Å². The van der Waals surface area contributed by atoms with Crippen molar-refractivity contribution in [3.63, 3.8) is 0 Å². The third-order valence-electron chi connectivity index (χ3n) is 4.90. The summed E-state index contributed by atoms with van der Waals surface area (Å²) in [6, 6.07) is 12.9. The molecule has 162 valence electrons. The number of ether oxygens (including phenoxy) is 1. The number of halogens is 3. The van der Waals surface area contributed by atoms with E-state index in [0.29, 0.717) is 18.5 Å². The molecule has 7 nitrogen and oxygen atoms in total. The zero-order chi connectivity index (χ0) is 22.0. The first-order chi connectivity index (χ1) is 14.8. The Morgan fingerprint density at radius 3 is 2.52 bits per heavy atom. The van der Waals surface area contributed by atoms with Crippen molar-refractivity contribution in [3.8, 4) is 23.1 Å². The summed E-state index contributed by atoms with van der Waals surface area (Å²) in [5.74, 6) is 0.0880. The van der Waals surface area contributed by atoms with E-state index in [1.54, 1.807) is 17.0 Å². The second-order valence-corrected chi connectivity index (χ2v) is 7.13. The van der Waals surface area contributed by atoms with E-state index >= 15 is 0 Å². The fourth-order valence-electron chi connectivity index (χ4n) is 3.44. The topological polar surface area (TPSA) is 91.6 Å². The zero-order valence-corrected chi connectivity index (χ0v) is 16.3. The van der Waals surface area contributed by atoms with Crippen LogP contribution in [0.4, 0.5) is 19.1 Å². The number of hydrogen-bond acceptors (Lipinski definition) is 7. The molecule has 1 atom stereocenters. The van der Waals surface area contributed by atoms with Crippen LogP contribution in [-0.2, 0) is 13.0 Å². The van der Waals surface area contributed by atoms with Gasteiger partial charge in [0.2, 0.25) is 5.95 Å². The van der Waals surface area contributed by atoms with Crippen LogP contribution in [0.25, 0.3) is 11.4 Å². The monoisotopic (exact) mass is 432 g/mol. The predicted molar refractivity (Wildman–Crippen MR) is 106 cm³/mol. The molecule has 0 saturated heterocycles. The maximum absolute atomic E-state index is 12.7. The molecule has 0 spiro atoms. The van der Waals surface area contributed by atoms with E-state index in [1.807, 2.05) is 24.3 Å². The first-order valence-corrected chi connectivity index (χ1v) is 9.52. The summed E-state index contributed by atoms with van der Waals surface area (Å²) in [5, 5.41) is 19.7. The van der Waals surface area contributed by atoms with Gasteiger partial charge in [-0.2, -0.15) is 28.1 Å². The second-order valence-electron chi connectivity index (χ2n) is 7.13. The smallest absolute Gasteiger partial charge is 0.422 e. The molecule has 0 bridgehead atoms. The molecular weight excluding hydrogens is 413 g/mol. The van der Waals surface area contributed by atoms with Crippen LogP contribution in [0.3, 0.4) is 0 Å². The van der Waals surface area contributed by atoms with Crippen LogP contribution in [0.1, 0.15) is 11.1 Å². The lowest BCUT2D eigenvalue weighted by molar-refractivity contribution is -0.154. The minimum Gasteiger partial charge on any atom is -0.508 e. The maximum atomic E-state index is 12.7. The highest BCUT2D eigenvalue weighted by atomic mass is 19.4. The summed E-state index contributed by atoms with van der Waals surface area (Å²) in [6.07, 6.45) is -4.03. The van der Waals surface area contributed by atoms with Crippen LogP contribution >= 0.6 is 0 Å². The summed E-state index contributed by atoms with van der Waals surface area (Å²) >= 11 is 0. The Morgan fingerprint density at radius 2 is 1.81 bits per heavy atom. The molecule has 1 aliphatic rings. The van der Waals surface area contributed by atoms with Crippen molar-refractivity contribution in [3.05, 3.63) is 59.7 Å². The molecule has 2 heterocycles. The van der Waals surface area contributed by atoms with E-state index in [2.05, 4.69) is 15.0 Å². The van der Waals surface area contributed by atoms with Crippen molar-refractivity contribution >= 4 is 5.95 Å². The summed E-state index contributed by atoms with van der Waals surface area (Å²) < 4.78 is 42.8. The molecule has 1 aliphatic heterocycles. The minimum absolute atomic E-state index is 0.0441. The van der Waals surface area contributed by atoms with Crippen molar-refractivity contribution in [2.75, 3.05) is 18.1 Å². The number of benzene rings is 2. The Kier molecular flexibility index (Phi) is 5.64. The van der Waals surface area contributed by atoms with E-state index in [0.717, 1.165) is 11.1 Å². The van der Waals surface area contributed by atoms with Crippen LogP contribution in [0, 0.1) is 0 Å². The van der Waals surface area contributed by atoms with Crippen LogP contribution in [-0.4, -0.2) is 50.6 Å². The van der Waals surface area contributed by atoms with Gasteiger partial charge in [-0.25, -0.2) is 0 Å². The average molecular weight is 432 g/mol. The fraction of sp³-hybridized carbons (Fsp3) is 0.286. The number of rotatable bonds is 5. The molecule has 2 aromatic carbocycles. The van der Waals surface area contributed by atoms with Gasteiger partial charge < -0.3 is 19.8 Å². The van der Waals surface area contributed by atoms with Gasteiger partial charge in [-0.3, -0.25) is 0 Å². The standard InChI is InChI=1S/C21H19F3N4O3/c22-21(23,24)12-31-20-26-18(14-6-3-7-17(30)9-14)25-19(27-20)28-10-15-5-2-1-4-13(15)8-16(28)11-29/h1-7,9,16,29-30H,8,10-12H2/t16-/m1/s1. The van der Waals surface area contributed by atoms with Gasteiger partial charge in [0, 0.05) is 12.1 Å². The summed E-state index contributed by atoms with van der Waals surface area (Å²) in [6.45, 7) is -1.38. The molecule has 0 radical (unpaired) electrons. The lowest BCUT2D eigenvalue weighted by Crippen LogP contribution is -2.44. The number of anilines is 1. The normalized spacial score (nSPS) is 16.1. The van der Waals surface area contributed by atoms with Gasteiger partial charge in [-0.05, 0) is 29.7 Å². The van der Waals surface area contributed by atoms with Gasteiger partial charge in [-0.15, -0.1) is 0 Å². The number of alkyl halides is 3. The molecular formula is C21H19F3N4O3. The van der Waals surface area contributed by atoms with Crippen molar-refractivity contribution < 1.29 is 28.1 Å². The number of aromatic nitrogens is 3. The summed E-state index contributed by atoms with van der Waals surface area (Å²) in [4.78, 5) is 14.2.